The van der Waals surface area contributed by atoms with Crippen molar-refractivity contribution in [3.8, 4) is 6.07 Å². The fourth-order valence-corrected chi connectivity index (χ4v) is 1.23. The van der Waals surface area contributed by atoms with Crippen LogP contribution in [0.1, 0.15) is 22.3 Å². The van der Waals surface area contributed by atoms with E-state index in [0.29, 0.717) is 5.56 Å². The number of benzene rings is 1. The van der Waals surface area contributed by atoms with E-state index >= 15 is 0 Å². The highest BCUT2D eigenvalue weighted by Crippen LogP contribution is 2.18. The molecule has 1 aromatic rings. The molecule has 0 unspecified atom stereocenters. The van der Waals surface area contributed by atoms with Crippen LogP contribution in [0.5, 0.6) is 0 Å². The highest BCUT2D eigenvalue weighted by Gasteiger charge is 2.11. The lowest BCUT2D eigenvalue weighted by Gasteiger charge is -1.99. The van der Waals surface area contributed by atoms with Gasteiger partial charge in [-0.25, -0.2) is 0 Å². The van der Waals surface area contributed by atoms with E-state index in [1.807, 2.05) is 6.07 Å². The van der Waals surface area contributed by atoms with Crippen molar-refractivity contribution in [3.05, 3.63) is 45.5 Å². The van der Waals surface area contributed by atoms with Crippen LogP contribution >= 0.6 is 0 Å². The molecule has 0 saturated heterocycles. The maximum atomic E-state index is 11.0. The summed E-state index contributed by atoms with van der Waals surface area (Å²) in [6.45, 7) is 0. The smallest absolute Gasteiger partial charge is 0.270 e. The third kappa shape index (κ3) is 3.43. The summed E-state index contributed by atoms with van der Waals surface area (Å²) in [6.07, 6.45) is 3.26. The number of carbonyl (C=O) groups excluding carboxylic acids is 1. The van der Waals surface area contributed by atoms with Crippen molar-refractivity contribution in [2.24, 2.45) is 5.73 Å². The zero-order valence-electron chi connectivity index (χ0n) is 8.79. The van der Waals surface area contributed by atoms with Crippen LogP contribution in [0, 0.1) is 21.4 Å². The number of non-ortho nitro benzene ring substituents is 1. The van der Waals surface area contributed by atoms with E-state index < -0.39 is 10.8 Å². The van der Waals surface area contributed by atoms with Crippen LogP contribution in [0.4, 0.5) is 5.69 Å². The van der Waals surface area contributed by atoms with Gasteiger partial charge in [0.25, 0.3) is 5.69 Å². The third-order valence-electron chi connectivity index (χ3n) is 1.95. The summed E-state index contributed by atoms with van der Waals surface area (Å²) in [5, 5.41) is 19.0. The Bertz CT molecular complexity index is 497. The van der Waals surface area contributed by atoms with Crippen molar-refractivity contribution < 1.29 is 9.72 Å². The zero-order valence-corrected chi connectivity index (χ0v) is 8.79. The van der Waals surface area contributed by atoms with Crippen LogP contribution in [0.15, 0.2) is 24.3 Å². The van der Waals surface area contributed by atoms with Gasteiger partial charge in [0.2, 0.25) is 5.91 Å². The number of hydrogen-bond acceptors (Lipinski definition) is 4. The van der Waals surface area contributed by atoms with E-state index in [-0.39, 0.29) is 17.7 Å². The molecule has 86 valence electrons. The number of carbonyl (C=O) groups is 1. The van der Waals surface area contributed by atoms with Gasteiger partial charge in [-0.1, -0.05) is 12.2 Å². The van der Waals surface area contributed by atoms with Crippen LogP contribution in [0.3, 0.4) is 0 Å². The Hall–Kier alpha value is -2.68. The summed E-state index contributed by atoms with van der Waals surface area (Å²) in [7, 11) is 0. The van der Waals surface area contributed by atoms with E-state index in [0.717, 1.165) is 6.07 Å². The first-order chi connectivity index (χ1) is 8.04. The minimum Gasteiger partial charge on any atom is -0.366 e. The summed E-state index contributed by atoms with van der Waals surface area (Å²) >= 11 is 0. The molecule has 0 radical (unpaired) electrons. The number of rotatable bonds is 4. The number of nitrogens with zero attached hydrogens (tertiary/aromatic N) is 2. The van der Waals surface area contributed by atoms with Gasteiger partial charge < -0.3 is 5.73 Å². The predicted molar refractivity (Wildman–Crippen MR) is 60.9 cm³/mol. The van der Waals surface area contributed by atoms with Gasteiger partial charge in [0, 0.05) is 17.7 Å². The fraction of sp³-hybridized carbons (Fsp3) is 0.0909. The number of nitro benzene ring substituents is 1. The summed E-state index contributed by atoms with van der Waals surface area (Å²) in [5.74, 6) is -0.733. The molecule has 0 aliphatic rings. The number of nitrogens with two attached hydrogens (primary N) is 1. The van der Waals surface area contributed by atoms with E-state index in [9.17, 15) is 14.9 Å². The monoisotopic (exact) mass is 231 g/mol. The number of nitriles is 1. The van der Waals surface area contributed by atoms with E-state index in [4.69, 9.17) is 11.0 Å². The molecule has 0 aromatic heterocycles. The molecule has 0 heterocycles. The lowest BCUT2D eigenvalue weighted by Crippen LogP contribution is -2.11. The summed E-state index contributed by atoms with van der Waals surface area (Å²) < 4.78 is 0. The van der Waals surface area contributed by atoms with Gasteiger partial charge in [0.05, 0.1) is 17.4 Å². The van der Waals surface area contributed by atoms with Crippen LogP contribution in [0.2, 0.25) is 0 Å². The van der Waals surface area contributed by atoms with Gasteiger partial charge in [-0.15, -0.1) is 0 Å². The number of amides is 1. The van der Waals surface area contributed by atoms with Crippen LogP contribution in [-0.2, 0) is 0 Å². The minimum atomic E-state index is -0.733. The van der Waals surface area contributed by atoms with Crippen molar-refractivity contribution in [1.82, 2.24) is 0 Å². The molecule has 1 rings (SSSR count). The minimum absolute atomic E-state index is 0.0656. The van der Waals surface area contributed by atoms with Crippen LogP contribution < -0.4 is 5.73 Å². The Morgan fingerprint density at radius 1 is 1.53 bits per heavy atom. The first kappa shape index (κ1) is 12.4. The van der Waals surface area contributed by atoms with Crippen molar-refractivity contribution in [2.45, 2.75) is 6.42 Å². The Morgan fingerprint density at radius 3 is 2.76 bits per heavy atom. The molecule has 1 amide bonds. The molecule has 0 aliphatic carbocycles. The van der Waals surface area contributed by atoms with Gasteiger partial charge in [0.1, 0.15) is 0 Å². The summed E-state index contributed by atoms with van der Waals surface area (Å²) in [6, 6.07) is 5.76. The molecule has 2 N–H and O–H groups in total. The SMILES string of the molecule is N#CCC=Cc1cc(C(N)=O)cc([N+](=O)[O-])c1. The molecule has 1 aromatic carbocycles. The standard InChI is InChI=1S/C11H9N3O3/c12-4-2-1-3-8-5-9(11(13)15)7-10(6-8)14(16)17/h1,3,5-7H,2H2,(H2,13,15). The largest absolute Gasteiger partial charge is 0.366 e. The molecule has 6 heteroatoms. The summed E-state index contributed by atoms with van der Waals surface area (Å²) in [5.41, 5.74) is 5.39. The fourth-order valence-electron chi connectivity index (χ4n) is 1.23. The second-order valence-electron chi connectivity index (χ2n) is 3.20. The Morgan fingerprint density at radius 2 is 2.24 bits per heavy atom. The molecule has 6 nitrogen and oxygen atoms in total. The second kappa shape index (κ2) is 5.42. The average molecular weight is 231 g/mol. The quantitative estimate of drug-likeness (QED) is 0.626. The van der Waals surface area contributed by atoms with Gasteiger partial charge in [-0.3, -0.25) is 14.9 Å². The summed E-state index contributed by atoms with van der Waals surface area (Å²) in [4.78, 5) is 21.0. The van der Waals surface area contributed by atoms with Gasteiger partial charge >= 0.3 is 0 Å². The van der Waals surface area contributed by atoms with Gasteiger partial charge in [-0.05, 0) is 11.6 Å². The molecule has 0 atom stereocenters. The average Bonchev–Trinajstić information content (AvgIpc) is 2.29. The van der Waals surface area contributed by atoms with Crippen molar-refractivity contribution in [2.75, 3.05) is 0 Å². The zero-order chi connectivity index (χ0) is 12.8. The topological polar surface area (TPSA) is 110 Å². The molecule has 0 spiro atoms. The van der Waals surface area contributed by atoms with E-state index in [1.165, 1.54) is 18.2 Å². The van der Waals surface area contributed by atoms with Crippen LogP contribution in [-0.4, -0.2) is 10.8 Å². The maximum Gasteiger partial charge on any atom is 0.270 e. The van der Waals surface area contributed by atoms with Crippen LogP contribution in [0.25, 0.3) is 6.08 Å². The first-order valence-electron chi connectivity index (χ1n) is 4.67. The maximum absolute atomic E-state index is 11.0. The number of nitro groups is 1. The van der Waals surface area contributed by atoms with Gasteiger partial charge in [-0.2, -0.15) is 5.26 Å². The lowest BCUT2D eigenvalue weighted by atomic mass is 10.1. The number of allylic oxidation sites excluding steroid dienone is 1. The molecular formula is C11H9N3O3. The molecule has 0 aliphatic heterocycles. The lowest BCUT2D eigenvalue weighted by molar-refractivity contribution is -0.384. The molecule has 0 saturated carbocycles. The van der Waals surface area contributed by atoms with E-state index in [1.54, 1.807) is 6.08 Å². The third-order valence-corrected chi connectivity index (χ3v) is 1.95. The van der Waals surface area contributed by atoms with Crippen molar-refractivity contribution >= 4 is 17.7 Å². The highest BCUT2D eigenvalue weighted by molar-refractivity contribution is 5.94. The van der Waals surface area contributed by atoms with Crippen molar-refractivity contribution in [1.29, 1.82) is 5.26 Å². The molecule has 0 bridgehead atoms. The predicted octanol–water partition coefficient (Wildman–Crippen LogP) is 1.62. The Labute approximate surface area is 97.1 Å². The van der Waals surface area contributed by atoms with Gasteiger partial charge in [0.15, 0.2) is 0 Å². The Balaban J connectivity index is 3.18. The van der Waals surface area contributed by atoms with Crippen molar-refractivity contribution in [3.63, 3.8) is 0 Å². The first-order valence-corrected chi connectivity index (χ1v) is 4.67. The van der Waals surface area contributed by atoms with E-state index in [2.05, 4.69) is 0 Å². The molecule has 0 fully saturated rings. The highest BCUT2D eigenvalue weighted by atomic mass is 16.6. The molecule has 17 heavy (non-hydrogen) atoms. The number of primary amides is 1. The number of hydrogen-bond donors (Lipinski definition) is 1. The second-order valence-corrected chi connectivity index (χ2v) is 3.20. The molecular weight excluding hydrogens is 222 g/mol. The Kier molecular flexibility index (Phi) is 3.95. The normalized spacial score (nSPS) is 10.1.